The zero-order valence-corrected chi connectivity index (χ0v) is 20.1. The van der Waals surface area contributed by atoms with E-state index in [-0.39, 0.29) is 35.8 Å². The van der Waals surface area contributed by atoms with Crippen LogP contribution in [0.1, 0.15) is 6.42 Å². The summed E-state index contributed by atoms with van der Waals surface area (Å²) >= 11 is 12.0. The van der Waals surface area contributed by atoms with Crippen LogP contribution in [0.5, 0.6) is 5.75 Å². The Morgan fingerprint density at radius 2 is 1.71 bits per heavy atom. The quantitative estimate of drug-likeness (QED) is 0.653. The van der Waals surface area contributed by atoms with E-state index in [1.54, 1.807) is 17.0 Å². The SMILES string of the molecule is O=C1NCCN(C(=O)COc2ccc(Cl)cc2Cl)C1CC(=O)N1CCN(c2ccccc2)CC1. The van der Waals surface area contributed by atoms with Crippen LogP contribution in [0.2, 0.25) is 10.0 Å². The Morgan fingerprint density at radius 1 is 0.971 bits per heavy atom. The highest BCUT2D eigenvalue weighted by Crippen LogP contribution is 2.27. The summed E-state index contributed by atoms with van der Waals surface area (Å²) in [6.45, 7) is 2.89. The van der Waals surface area contributed by atoms with Gasteiger partial charge in [-0.3, -0.25) is 14.4 Å². The van der Waals surface area contributed by atoms with Gasteiger partial charge in [-0.1, -0.05) is 41.4 Å². The molecule has 0 aliphatic carbocycles. The average Bonchev–Trinajstić information content (AvgIpc) is 2.85. The number of hydrogen-bond acceptors (Lipinski definition) is 5. The summed E-state index contributed by atoms with van der Waals surface area (Å²) in [4.78, 5) is 43.9. The van der Waals surface area contributed by atoms with Crippen molar-refractivity contribution in [3.8, 4) is 5.75 Å². The number of benzene rings is 2. The fraction of sp³-hybridized carbons (Fsp3) is 0.375. The second-order valence-corrected chi connectivity index (χ2v) is 9.01. The van der Waals surface area contributed by atoms with E-state index in [0.717, 1.165) is 5.69 Å². The maximum Gasteiger partial charge on any atom is 0.261 e. The first kappa shape index (κ1) is 24.2. The van der Waals surface area contributed by atoms with Crippen LogP contribution in [0.4, 0.5) is 5.69 Å². The van der Waals surface area contributed by atoms with Crippen molar-refractivity contribution in [2.75, 3.05) is 50.8 Å². The molecular weight excluding hydrogens is 479 g/mol. The second-order valence-electron chi connectivity index (χ2n) is 8.16. The van der Waals surface area contributed by atoms with Crippen molar-refractivity contribution >= 4 is 46.6 Å². The van der Waals surface area contributed by atoms with Crippen molar-refractivity contribution in [3.05, 3.63) is 58.6 Å². The van der Waals surface area contributed by atoms with Crippen LogP contribution in [0.15, 0.2) is 48.5 Å². The van der Waals surface area contributed by atoms with Crippen LogP contribution < -0.4 is 15.0 Å². The molecule has 2 aromatic carbocycles. The summed E-state index contributed by atoms with van der Waals surface area (Å²) in [5.41, 5.74) is 1.12. The number of carbonyl (C=O) groups excluding carboxylic acids is 3. The maximum absolute atomic E-state index is 13.0. The summed E-state index contributed by atoms with van der Waals surface area (Å²) in [5.74, 6) is -0.535. The largest absolute Gasteiger partial charge is 0.482 e. The predicted octanol–water partition coefficient (Wildman–Crippen LogP) is 2.44. The lowest BCUT2D eigenvalue weighted by molar-refractivity contribution is -0.148. The van der Waals surface area contributed by atoms with Crippen molar-refractivity contribution in [1.29, 1.82) is 0 Å². The van der Waals surface area contributed by atoms with Crippen LogP contribution in [0.25, 0.3) is 0 Å². The summed E-state index contributed by atoms with van der Waals surface area (Å²) in [7, 11) is 0. The first-order valence-corrected chi connectivity index (χ1v) is 11.9. The Balaban J connectivity index is 1.34. The van der Waals surface area contributed by atoms with Crippen molar-refractivity contribution in [2.45, 2.75) is 12.5 Å². The van der Waals surface area contributed by atoms with E-state index in [0.29, 0.717) is 50.0 Å². The highest BCUT2D eigenvalue weighted by Gasteiger charge is 2.36. The number of piperazine rings is 2. The first-order chi connectivity index (χ1) is 16.4. The molecule has 0 bridgehead atoms. The molecule has 0 saturated carbocycles. The minimum Gasteiger partial charge on any atom is -0.482 e. The number of nitrogens with one attached hydrogen (secondary N) is 1. The molecule has 2 saturated heterocycles. The second kappa shape index (κ2) is 11.0. The molecule has 0 spiro atoms. The van der Waals surface area contributed by atoms with E-state index in [1.165, 1.54) is 11.0 Å². The summed E-state index contributed by atoms with van der Waals surface area (Å²) in [6, 6.07) is 13.9. The molecule has 180 valence electrons. The number of para-hydroxylation sites is 1. The molecule has 1 atom stereocenters. The number of amides is 3. The van der Waals surface area contributed by atoms with Crippen LogP contribution >= 0.6 is 23.2 Å². The Hall–Kier alpha value is -2.97. The van der Waals surface area contributed by atoms with Gasteiger partial charge < -0.3 is 24.8 Å². The standard InChI is InChI=1S/C24H26Cl2N4O4/c25-17-6-7-21(19(26)14-17)34-16-23(32)30-9-8-27-24(33)20(30)15-22(31)29-12-10-28(11-13-29)18-4-2-1-3-5-18/h1-7,14,20H,8-13,15-16H2,(H,27,33). The van der Waals surface area contributed by atoms with Crippen molar-refractivity contribution < 1.29 is 19.1 Å². The van der Waals surface area contributed by atoms with E-state index in [2.05, 4.69) is 10.2 Å². The first-order valence-electron chi connectivity index (χ1n) is 11.1. The lowest BCUT2D eigenvalue weighted by Gasteiger charge is -2.38. The molecule has 1 N–H and O–H groups in total. The van der Waals surface area contributed by atoms with E-state index in [4.69, 9.17) is 27.9 Å². The topological polar surface area (TPSA) is 82.2 Å². The highest BCUT2D eigenvalue weighted by atomic mass is 35.5. The summed E-state index contributed by atoms with van der Waals surface area (Å²) in [5, 5.41) is 3.50. The number of carbonyl (C=O) groups is 3. The third kappa shape index (κ3) is 5.74. The molecule has 2 fully saturated rings. The molecule has 0 radical (unpaired) electrons. The number of ether oxygens (including phenoxy) is 1. The average molecular weight is 505 g/mol. The lowest BCUT2D eigenvalue weighted by Crippen LogP contribution is -2.60. The molecule has 3 amide bonds. The van der Waals surface area contributed by atoms with Gasteiger partial charge in [0.15, 0.2) is 6.61 Å². The van der Waals surface area contributed by atoms with Gasteiger partial charge in [0.1, 0.15) is 11.8 Å². The molecule has 10 heteroatoms. The molecule has 2 heterocycles. The van der Waals surface area contributed by atoms with E-state index < -0.39 is 6.04 Å². The maximum atomic E-state index is 13.0. The van der Waals surface area contributed by atoms with Crippen LogP contribution in [0.3, 0.4) is 0 Å². The highest BCUT2D eigenvalue weighted by molar-refractivity contribution is 6.35. The van der Waals surface area contributed by atoms with Gasteiger partial charge in [-0.2, -0.15) is 0 Å². The molecule has 2 aromatic rings. The third-order valence-electron chi connectivity index (χ3n) is 6.02. The Labute approximate surface area is 208 Å². The molecule has 1 unspecified atom stereocenters. The van der Waals surface area contributed by atoms with Gasteiger partial charge in [0.25, 0.3) is 5.91 Å². The fourth-order valence-electron chi connectivity index (χ4n) is 4.18. The zero-order valence-electron chi connectivity index (χ0n) is 18.6. The summed E-state index contributed by atoms with van der Waals surface area (Å²) < 4.78 is 5.55. The zero-order chi connectivity index (χ0) is 24.1. The monoisotopic (exact) mass is 504 g/mol. The van der Waals surface area contributed by atoms with Crippen LogP contribution in [-0.4, -0.2) is 79.4 Å². The molecule has 4 rings (SSSR count). The van der Waals surface area contributed by atoms with Gasteiger partial charge in [0, 0.05) is 50.0 Å². The van der Waals surface area contributed by atoms with Gasteiger partial charge in [-0.05, 0) is 30.3 Å². The minimum atomic E-state index is -0.870. The Kier molecular flexibility index (Phi) is 7.80. The summed E-state index contributed by atoms with van der Waals surface area (Å²) in [6.07, 6.45) is -0.0649. The number of rotatable bonds is 6. The number of hydrogen-bond donors (Lipinski definition) is 1. The third-order valence-corrected chi connectivity index (χ3v) is 6.55. The van der Waals surface area contributed by atoms with Gasteiger partial charge in [0.05, 0.1) is 11.4 Å². The predicted molar refractivity (Wildman–Crippen MR) is 130 cm³/mol. The van der Waals surface area contributed by atoms with Crippen LogP contribution in [-0.2, 0) is 14.4 Å². The fourth-order valence-corrected chi connectivity index (χ4v) is 4.64. The van der Waals surface area contributed by atoms with Gasteiger partial charge in [-0.25, -0.2) is 0 Å². The van der Waals surface area contributed by atoms with Crippen LogP contribution in [0, 0.1) is 0 Å². The van der Waals surface area contributed by atoms with Crippen molar-refractivity contribution in [2.24, 2.45) is 0 Å². The Morgan fingerprint density at radius 3 is 2.41 bits per heavy atom. The smallest absolute Gasteiger partial charge is 0.261 e. The normalized spacial score (nSPS) is 18.5. The Bertz CT molecular complexity index is 1040. The lowest BCUT2D eigenvalue weighted by atomic mass is 10.1. The van der Waals surface area contributed by atoms with Crippen molar-refractivity contribution in [1.82, 2.24) is 15.1 Å². The van der Waals surface area contributed by atoms with Gasteiger partial charge >= 0.3 is 0 Å². The number of anilines is 1. The van der Waals surface area contributed by atoms with Gasteiger partial charge in [0.2, 0.25) is 11.8 Å². The van der Waals surface area contributed by atoms with E-state index in [9.17, 15) is 14.4 Å². The molecular formula is C24H26Cl2N4O4. The van der Waals surface area contributed by atoms with Gasteiger partial charge in [-0.15, -0.1) is 0 Å². The molecule has 8 nitrogen and oxygen atoms in total. The number of nitrogens with zero attached hydrogens (tertiary/aromatic N) is 3. The molecule has 2 aliphatic heterocycles. The van der Waals surface area contributed by atoms with E-state index in [1.807, 2.05) is 30.3 Å². The molecule has 34 heavy (non-hydrogen) atoms. The minimum absolute atomic E-state index is 0.0649. The van der Waals surface area contributed by atoms with Crippen molar-refractivity contribution in [3.63, 3.8) is 0 Å². The van der Waals surface area contributed by atoms with E-state index >= 15 is 0 Å². The molecule has 0 aromatic heterocycles. The number of halogens is 2. The molecule has 2 aliphatic rings.